The van der Waals surface area contributed by atoms with Crippen LogP contribution < -0.4 is 0 Å². The Morgan fingerprint density at radius 3 is 2.29 bits per heavy atom. The summed E-state index contributed by atoms with van der Waals surface area (Å²) in [5.74, 6) is -2.71. The molecule has 0 saturated carbocycles. The molecule has 0 spiro atoms. The molecule has 1 amide bonds. The molecule has 1 aliphatic heterocycles. The lowest BCUT2D eigenvalue weighted by Gasteiger charge is -2.35. The fourth-order valence-corrected chi connectivity index (χ4v) is 2.86. The van der Waals surface area contributed by atoms with Gasteiger partial charge in [0.15, 0.2) is 0 Å². The predicted molar refractivity (Wildman–Crippen MR) is 76.8 cm³/mol. The second-order valence-electron chi connectivity index (χ2n) is 5.98. The van der Waals surface area contributed by atoms with E-state index in [0.717, 1.165) is 24.3 Å². The van der Waals surface area contributed by atoms with Crippen LogP contribution in [0.5, 0.6) is 0 Å². The number of halogens is 4. The van der Waals surface area contributed by atoms with Gasteiger partial charge in [0.2, 0.25) is 6.17 Å². The number of hydrogen-bond acceptors (Lipinski definition) is 2. The first kappa shape index (κ1) is 18.2. The smallest absolute Gasteiger partial charge is 0.416 e. The summed E-state index contributed by atoms with van der Waals surface area (Å²) in [6.45, 7) is 1.89. The van der Waals surface area contributed by atoms with Crippen LogP contribution in [0.4, 0.5) is 17.6 Å². The van der Waals surface area contributed by atoms with Crippen molar-refractivity contribution in [2.45, 2.75) is 25.7 Å². The van der Waals surface area contributed by atoms with Crippen molar-refractivity contribution in [3.63, 3.8) is 0 Å². The topological polar surface area (TPSA) is 57.6 Å². The van der Waals surface area contributed by atoms with Crippen molar-refractivity contribution < 1.29 is 32.3 Å². The predicted octanol–water partition coefficient (Wildman–Crippen LogP) is 3.29. The van der Waals surface area contributed by atoms with Crippen molar-refractivity contribution in [2.24, 2.45) is 11.8 Å². The number of hydrogen-bond donors (Lipinski definition) is 1. The molecule has 132 valence electrons. The van der Waals surface area contributed by atoms with E-state index >= 15 is 0 Å². The van der Waals surface area contributed by atoms with Gasteiger partial charge < -0.3 is 10.0 Å². The maximum atomic E-state index is 14.3. The molecule has 3 atom stereocenters. The van der Waals surface area contributed by atoms with Crippen LogP contribution in [0.25, 0.3) is 0 Å². The molecule has 1 aromatic carbocycles. The lowest BCUT2D eigenvalue weighted by Crippen LogP contribution is -2.46. The average Bonchev–Trinajstić information content (AvgIpc) is 2.52. The molecule has 1 N–H and O–H groups in total. The van der Waals surface area contributed by atoms with Gasteiger partial charge >= 0.3 is 12.1 Å². The van der Waals surface area contributed by atoms with Gasteiger partial charge in [-0.05, 0) is 30.0 Å². The van der Waals surface area contributed by atoms with Gasteiger partial charge in [-0.2, -0.15) is 13.2 Å². The third-order valence-corrected chi connectivity index (χ3v) is 4.28. The van der Waals surface area contributed by atoms with E-state index in [0.29, 0.717) is 0 Å². The number of rotatable bonds is 3. The minimum Gasteiger partial charge on any atom is -0.481 e. The van der Waals surface area contributed by atoms with Crippen molar-refractivity contribution in [1.29, 1.82) is 0 Å². The summed E-state index contributed by atoms with van der Waals surface area (Å²) in [5, 5.41) is 9.04. The second kappa shape index (κ2) is 6.78. The van der Waals surface area contributed by atoms with Gasteiger partial charge in [-0.15, -0.1) is 0 Å². The summed E-state index contributed by atoms with van der Waals surface area (Å²) in [7, 11) is 0. The summed E-state index contributed by atoms with van der Waals surface area (Å²) in [6, 6.07) is 3.35. The number of carbonyl (C=O) groups is 2. The van der Waals surface area contributed by atoms with Gasteiger partial charge in [0.1, 0.15) is 0 Å². The third kappa shape index (κ3) is 3.85. The molecule has 24 heavy (non-hydrogen) atoms. The number of piperidine rings is 1. The van der Waals surface area contributed by atoms with Crippen molar-refractivity contribution in [3.8, 4) is 0 Å². The van der Waals surface area contributed by atoms with E-state index in [4.69, 9.17) is 5.11 Å². The maximum Gasteiger partial charge on any atom is 0.416 e. The number of carboxylic acid groups (broad SMARTS) is 1. The van der Waals surface area contributed by atoms with Crippen molar-refractivity contribution >= 4 is 11.9 Å². The number of benzene rings is 1. The van der Waals surface area contributed by atoms with Crippen LogP contribution in [0, 0.1) is 11.8 Å². The van der Waals surface area contributed by atoms with Crippen molar-refractivity contribution in [1.82, 2.24) is 4.90 Å². The van der Waals surface area contributed by atoms with Gasteiger partial charge in [0.05, 0.1) is 11.5 Å². The molecule has 8 heteroatoms. The zero-order valence-electron chi connectivity index (χ0n) is 12.9. The summed E-state index contributed by atoms with van der Waals surface area (Å²) in [4.78, 5) is 24.5. The molecule has 2 rings (SSSR count). The molecule has 1 aromatic rings. The fourth-order valence-electron chi connectivity index (χ4n) is 2.86. The van der Waals surface area contributed by atoms with Crippen LogP contribution in [0.1, 0.15) is 30.6 Å². The summed E-state index contributed by atoms with van der Waals surface area (Å²) >= 11 is 0. The Balaban J connectivity index is 2.06. The standard InChI is InChI=1S/C16H17F4NO3/c1-9-8-21(7-6-12(9)15(23)24)14(22)13(17)10-2-4-11(5-3-10)16(18,19)20/h2-5,9,12-13H,6-8H2,1H3,(H,23,24). The Hall–Kier alpha value is -2.12. The maximum absolute atomic E-state index is 14.3. The van der Waals surface area contributed by atoms with E-state index in [2.05, 4.69) is 0 Å². The highest BCUT2D eigenvalue weighted by Gasteiger charge is 2.36. The first-order valence-corrected chi connectivity index (χ1v) is 7.44. The zero-order chi connectivity index (χ0) is 18.1. The minimum absolute atomic E-state index is 0.108. The monoisotopic (exact) mass is 347 g/mol. The number of likely N-dealkylation sites (tertiary alicyclic amines) is 1. The molecule has 0 aromatic heterocycles. The first-order valence-electron chi connectivity index (χ1n) is 7.44. The van der Waals surface area contributed by atoms with Crippen molar-refractivity contribution in [3.05, 3.63) is 35.4 Å². The van der Waals surface area contributed by atoms with Crippen molar-refractivity contribution in [2.75, 3.05) is 13.1 Å². The van der Waals surface area contributed by atoms with Gasteiger partial charge in [0.25, 0.3) is 5.91 Å². The molecule has 0 radical (unpaired) electrons. The van der Waals surface area contributed by atoms with E-state index in [9.17, 15) is 27.2 Å². The molecule has 0 bridgehead atoms. The summed E-state index contributed by atoms with van der Waals surface area (Å²) in [6.07, 6.45) is -6.37. The van der Waals surface area contributed by atoms with Crippen LogP contribution >= 0.6 is 0 Å². The molecule has 1 aliphatic rings. The largest absolute Gasteiger partial charge is 0.481 e. The Morgan fingerprint density at radius 1 is 1.25 bits per heavy atom. The molecule has 1 saturated heterocycles. The van der Waals surface area contributed by atoms with E-state index in [1.165, 1.54) is 4.90 Å². The summed E-state index contributed by atoms with van der Waals surface area (Å²) < 4.78 is 51.8. The Labute approximate surface area is 136 Å². The number of carbonyl (C=O) groups excluding carboxylic acids is 1. The normalized spacial score (nSPS) is 23.0. The zero-order valence-corrected chi connectivity index (χ0v) is 12.9. The van der Waals surface area contributed by atoms with Crippen LogP contribution in [0.15, 0.2) is 24.3 Å². The van der Waals surface area contributed by atoms with E-state index in [1.54, 1.807) is 6.92 Å². The van der Waals surface area contributed by atoms with Gasteiger partial charge in [-0.25, -0.2) is 4.39 Å². The SMILES string of the molecule is CC1CN(C(=O)C(F)c2ccc(C(F)(F)F)cc2)CCC1C(=O)O. The van der Waals surface area contributed by atoms with Crippen LogP contribution in [0.3, 0.4) is 0 Å². The van der Waals surface area contributed by atoms with E-state index in [-0.39, 0.29) is 31.0 Å². The lowest BCUT2D eigenvalue weighted by molar-refractivity contribution is -0.149. The Bertz CT molecular complexity index is 615. The Kier molecular flexibility index (Phi) is 5.15. The highest BCUT2D eigenvalue weighted by Crippen LogP contribution is 2.32. The molecule has 4 nitrogen and oxygen atoms in total. The van der Waals surface area contributed by atoms with E-state index in [1.807, 2.05) is 0 Å². The number of aliphatic carboxylic acids is 1. The van der Waals surface area contributed by atoms with Crippen LogP contribution in [-0.4, -0.2) is 35.0 Å². The third-order valence-electron chi connectivity index (χ3n) is 4.28. The molecule has 1 fully saturated rings. The molecule has 3 unspecified atom stereocenters. The van der Waals surface area contributed by atoms with Gasteiger partial charge in [-0.1, -0.05) is 19.1 Å². The van der Waals surface area contributed by atoms with E-state index < -0.39 is 35.7 Å². The first-order chi connectivity index (χ1) is 11.1. The minimum atomic E-state index is -4.53. The molecular weight excluding hydrogens is 330 g/mol. The second-order valence-corrected chi connectivity index (χ2v) is 5.98. The van der Waals surface area contributed by atoms with Crippen LogP contribution in [0.2, 0.25) is 0 Å². The number of alkyl halides is 4. The van der Waals surface area contributed by atoms with Gasteiger partial charge in [-0.3, -0.25) is 9.59 Å². The lowest BCUT2D eigenvalue weighted by atomic mass is 9.86. The number of amides is 1. The number of nitrogens with zero attached hydrogens (tertiary/aromatic N) is 1. The molecular formula is C16H17F4NO3. The average molecular weight is 347 g/mol. The highest BCUT2D eigenvalue weighted by atomic mass is 19.4. The van der Waals surface area contributed by atoms with Crippen LogP contribution in [-0.2, 0) is 15.8 Å². The molecule has 0 aliphatic carbocycles. The fraction of sp³-hybridized carbons (Fsp3) is 0.500. The molecule has 1 heterocycles. The number of carboxylic acids is 1. The van der Waals surface area contributed by atoms with Gasteiger partial charge in [0, 0.05) is 13.1 Å². The Morgan fingerprint density at radius 2 is 1.83 bits per heavy atom. The highest BCUT2D eigenvalue weighted by molar-refractivity contribution is 5.82. The quantitative estimate of drug-likeness (QED) is 0.854. The summed E-state index contributed by atoms with van der Waals surface area (Å²) in [5.41, 5.74) is -1.07.